The number of benzene rings is 2. The summed E-state index contributed by atoms with van der Waals surface area (Å²) in [4.78, 5) is 8.46. The van der Waals surface area contributed by atoms with E-state index in [1.54, 1.807) is 12.1 Å². The fourth-order valence-corrected chi connectivity index (χ4v) is 5.75. The average Bonchev–Trinajstić information content (AvgIpc) is 3.13. The number of fused-ring (bicyclic) bond motifs is 1. The van der Waals surface area contributed by atoms with E-state index in [0.29, 0.717) is 33.9 Å². The summed E-state index contributed by atoms with van der Waals surface area (Å²) in [5.41, 5.74) is 1.95. The van der Waals surface area contributed by atoms with E-state index in [1.165, 1.54) is 12.4 Å². The molecule has 3 aromatic rings. The van der Waals surface area contributed by atoms with Gasteiger partial charge in [-0.1, -0.05) is 0 Å². The third-order valence-corrected chi connectivity index (χ3v) is 7.35. The van der Waals surface area contributed by atoms with Gasteiger partial charge in [0.05, 0.1) is 26.6 Å². The molecule has 0 atom stereocenters. The van der Waals surface area contributed by atoms with Crippen LogP contribution in [0.2, 0.25) is 0 Å². The second-order valence-corrected chi connectivity index (χ2v) is 10.1. The zero-order valence-corrected chi connectivity index (χ0v) is 17.9. The van der Waals surface area contributed by atoms with Gasteiger partial charge in [0.25, 0.3) is 0 Å². The Hall–Kier alpha value is -2.95. The van der Waals surface area contributed by atoms with Gasteiger partial charge < -0.3 is 10.1 Å². The molecule has 1 aromatic heterocycles. The van der Waals surface area contributed by atoms with Gasteiger partial charge >= 0.3 is 6.18 Å². The van der Waals surface area contributed by atoms with E-state index in [4.69, 9.17) is 4.74 Å². The smallest absolute Gasteiger partial charge is 0.422 e. The average molecular weight is 468 g/mol. The largest absolute Gasteiger partial charge is 0.482 e. The molecule has 0 unspecified atom stereocenters. The first-order chi connectivity index (χ1) is 15.1. The van der Waals surface area contributed by atoms with Crippen molar-refractivity contribution in [3.05, 3.63) is 48.0 Å². The molecule has 0 radical (unpaired) electrons. The van der Waals surface area contributed by atoms with Gasteiger partial charge in [0.15, 0.2) is 6.61 Å². The summed E-state index contributed by atoms with van der Waals surface area (Å²) >= 11 is 0. The first-order valence-corrected chi connectivity index (χ1v) is 11.7. The van der Waals surface area contributed by atoms with E-state index in [0.717, 1.165) is 30.5 Å². The van der Waals surface area contributed by atoms with Crippen LogP contribution in [0.5, 0.6) is 5.75 Å². The third-order valence-electron chi connectivity index (χ3n) is 4.96. The van der Waals surface area contributed by atoms with Crippen LogP contribution in [0.15, 0.2) is 41.0 Å². The number of aryl methyl sites for hydroxylation is 1. The van der Waals surface area contributed by atoms with E-state index < -0.39 is 28.3 Å². The van der Waals surface area contributed by atoms with Gasteiger partial charge in [-0.05, 0) is 49.6 Å². The summed E-state index contributed by atoms with van der Waals surface area (Å²) < 4.78 is 73.4. The van der Waals surface area contributed by atoms with Crippen LogP contribution in [0.1, 0.15) is 18.4 Å². The number of aromatic nitrogens is 2. The Morgan fingerprint density at radius 2 is 1.91 bits per heavy atom. The minimum absolute atomic E-state index is 0.123. The molecule has 2 heterocycles. The van der Waals surface area contributed by atoms with Crippen molar-refractivity contribution in [2.24, 2.45) is 4.36 Å². The second kappa shape index (κ2) is 8.53. The molecule has 0 bridgehead atoms. The molecule has 0 aliphatic carbocycles. The Morgan fingerprint density at radius 1 is 1.16 bits per heavy atom. The van der Waals surface area contributed by atoms with E-state index in [-0.39, 0.29) is 11.4 Å². The summed E-state index contributed by atoms with van der Waals surface area (Å²) in [6.07, 6.45) is -1.49. The van der Waals surface area contributed by atoms with E-state index in [1.807, 2.05) is 6.92 Å². The standard InChI is InChI=1S/C21H20F4N4O2S/c1-13-8-15(29-32(30)6-2-3-7-32)10-17-19(13)20(27-12-26-17)28-16-5-4-14(22)9-18(16)31-11-21(23,24)25/h4-5,8-10,12H,2-3,6-7,11H2,1H3,(H,26,27,28). The van der Waals surface area contributed by atoms with Crippen molar-refractivity contribution < 1.29 is 26.5 Å². The SMILES string of the molecule is Cc1cc(N=S2(=O)CCCC2)cc2ncnc(Nc3ccc(F)cc3OCC(F)(F)F)c12. The van der Waals surface area contributed by atoms with Crippen LogP contribution in [0.4, 0.5) is 34.8 Å². The molecule has 32 heavy (non-hydrogen) atoms. The number of nitrogens with zero attached hydrogens (tertiary/aromatic N) is 3. The second-order valence-electron chi connectivity index (χ2n) is 7.53. The summed E-state index contributed by atoms with van der Waals surface area (Å²) in [5, 5.41) is 3.53. The normalized spacial score (nSPS) is 15.7. The van der Waals surface area contributed by atoms with Gasteiger partial charge in [0.2, 0.25) is 0 Å². The quantitative estimate of drug-likeness (QED) is 0.490. The third kappa shape index (κ3) is 5.09. The first-order valence-electron chi connectivity index (χ1n) is 9.86. The Balaban J connectivity index is 1.71. The maximum atomic E-state index is 13.6. The Labute approximate surface area is 182 Å². The van der Waals surface area contributed by atoms with Gasteiger partial charge in [-0.15, -0.1) is 0 Å². The van der Waals surface area contributed by atoms with Crippen LogP contribution in [-0.4, -0.2) is 38.5 Å². The summed E-state index contributed by atoms with van der Waals surface area (Å²) in [6.45, 7) is 0.252. The molecule has 11 heteroatoms. The number of hydrogen-bond acceptors (Lipinski definition) is 6. The lowest BCUT2D eigenvalue weighted by molar-refractivity contribution is -0.153. The van der Waals surface area contributed by atoms with Crippen molar-refractivity contribution in [1.82, 2.24) is 9.97 Å². The van der Waals surface area contributed by atoms with Gasteiger partial charge in [-0.2, -0.15) is 17.5 Å². The van der Waals surface area contributed by atoms with E-state index >= 15 is 0 Å². The number of nitrogens with one attached hydrogen (secondary N) is 1. The molecule has 1 fully saturated rings. The number of ether oxygens (including phenoxy) is 1. The Bertz CT molecular complexity index is 1270. The topological polar surface area (TPSA) is 76.5 Å². The Kier molecular flexibility index (Phi) is 5.93. The molecule has 2 aromatic carbocycles. The highest BCUT2D eigenvalue weighted by Gasteiger charge is 2.29. The van der Waals surface area contributed by atoms with Crippen molar-refractivity contribution in [2.75, 3.05) is 23.4 Å². The van der Waals surface area contributed by atoms with Crippen LogP contribution in [-0.2, 0) is 9.73 Å². The number of rotatable bonds is 5. The predicted molar refractivity (Wildman–Crippen MR) is 115 cm³/mol. The maximum Gasteiger partial charge on any atom is 0.422 e. The lowest BCUT2D eigenvalue weighted by Crippen LogP contribution is -2.19. The minimum atomic E-state index is -4.57. The number of hydrogen-bond donors (Lipinski definition) is 1. The fraction of sp³-hybridized carbons (Fsp3) is 0.333. The molecule has 6 nitrogen and oxygen atoms in total. The highest BCUT2D eigenvalue weighted by atomic mass is 32.2. The van der Waals surface area contributed by atoms with Crippen LogP contribution < -0.4 is 10.1 Å². The van der Waals surface area contributed by atoms with Crippen molar-refractivity contribution in [1.29, 1.82) is 0 Å². The Morgan fingerprint density at radius 3 is 2.62 bits per heavy atom. The first kappa shape index (κ1) is 22.3. The fourth-order valence-electron chi connectivity index (χ4n) is 3.57. The molecule has 170 valence electrons. The van der Waals surface area contributed by atoms with Crippen LogP contribution in [0.3, 0.4) is 0 Å². The summed E-state index contributed by atoms with van der Waals surface area (Å²) in [5.74, 6) is 0.436. The molecule has 1 aliphatic rings. The number of halogens is 4. The molecule has 1 aliphatic heterocycles. The van der Waals surface area contributed by atoms with Gasteiger partial charge in [0.1, 0.15) is 23.7 Å². The lowest BCUT2D eigenvalue weighted by atomic mass is 10.1. The predicted octanol–water partition coefficient (Wildman–Crippen LogP) is 5.66. The van der Waals surface area contributed by atoms with Gasteiger partial charge in [0, 0.05) is 23.0 Å². The van der Waals surface area contributed by atoms with Crippen molar-refractivity contribution in [3.8, 4) is 5.75 Å². The minimum Gasteiger partial charge on any atom is -0.482 e. The molecule has 1 N–H and O–H groups in total. The van der Waals surface area contributed by atoms with Crippen LogP contribution in [0, 0.1) is 12.7 Å². The molecule has 0 spiro atoms. The zero-order valence-electron chi connectivity index (χ0n) is 17.1. The van der Waals surface area contributed by atoms with Gasteiger partial charge in [-0.25, -0.2) is 18.6 Å². The molecular formula is C21H20F4N4O2S. The zero-order chi connectivity index (χ0) is 22.9. The summed E-state index contributed by atoms with van der Waals surface area (Å²) in [6, 6.07) is 6.73. The molecule has 0 amide bonds. The molecule has 4 rings (SSSR count). The summed E-state index contributed by atoms with van der Waals surface area (Å²) in [7, 11) is -2.26. The van der Waals surface area contributed by atoms with Crippen molar-refractivity contribution in [2.45, 2.75) is 25.9 Å². The van der Waals surface area contributed by atoms with Crippen LogP contribution in [0.25, 0.3) is 10.9 Å². The monoisotopic (exact) mass is 468 g/mol. The van der Waals surface area contributed by atoms with E-state index in [9.17, 15) is 21.8 Å². The molecular weight excluding hydrogens is 448 g/mol. The molecule has 0 saturated carbocycles. The highest BCUT2D eigenvalue weighted by molar-refractivity contribution is 7.93. The lowest BCUT2D eigenvalue weighted by Gasteiger charge is -2.16. The molecule has 1 saturated heterocycles. The number of alkyl halides is 3. The highest BCUT2D eigenvalue weighted by Crippen LogP contribution is 2.34. The van der Waals surface area contributed by atoms with Crippen molar-refractivity contribution >= 4 is 37.8 Å². The van der Waals surface area contributed by atoms with E-state index in [2.05, 4.69) is 19.6 Å². The van der Waals surface area contributed by atoms with Crippen LogP contribution >= 0.6 is 0 Å². The number of anilines is 2. The maximum absolute atomic E-state index is 13.6. The van der Waals surface area contributed by atoms with Crippen molar-refractivity contribution in [3.63, 3.8) is 0 Å². The van der Waals surface area contributed by atoms with Gasteiger partial charge in [-0.3, -0.25) is 0 Å².